The van der Waals surface area contributed by atoms with E-state index < -0.39 is 5.60 Å². The van der Waals surface area contributed by atoms with Gasteiger partial charge in [0.25, 0.3) is 0 Å². The molecule has 106 valence electrons. The molecular formula is C15H29NO2. The number of nitrogens with one attached hydrogen (secondary N) is 1. The van der Waals surface area contributed by atoms with Crippen LogP contribution in [0.15, 0.2) is 0 Å². The van der Waals surface area contributed by atoms with Crippen molar-refractivity contribution in [3.8, 4) is 0 Å². The molecule has 1 aliphatic rings. The molecule has 1 amide bonds. The molecular weight excluding hydrogens is 226 g/mol. The summed E-state index contributed by atoms with van der Waals surface area (Å²) in [5.41, 5.74) is -0.799. The summed E-state index contributed by atoms with van der Waals surface area (Å²) in [6.07, 6.45) is 7.28. The van der Waals surface area contributed by atoms with Crippen molar-refractivity contribution in [2.75, 3.05) is 0 Å². The lowest BCUT2D eigenvalue weighted by molar-refractivity contribution is -0.128. The molecule has 0 bridgehead atoms. The summed E-state index contributed by atoms with van der Waals surface area (Å²) in [6, 6.07) is 0.263. The van der Waals surface area contributed by atoms with Gasteiger partial charge in [-0.2, -0.15) is 0 Å². The first-order valence-electron chi connectivity index (χ1n) is 7.52. The van der Waals surface area contributed by atoms with Crippen molar-refractivity contribution in [2.45, 2.75) is 83.8 Å². The topological polar surface area (TPSA) is 49.3 Å². The Morgan fingerprint density at radius 3 is 2.28 bits per heavy atom. The maximum Gasteiger partial charge on any atom is 0.223 e. The zero-order chi connectivity index (χ0) is 13.6. The van der Waals surface area contributed by atoms with Crippen LogP contribution < -0.4 is 5.32 Å². The molecule has 0 aromatic rings. The molecule has 0 heterocycles. The van der Waals surface area contributed by atoms with Crippen LogP contribution in [0.1, 0.15) is 72.1 Å². The molecule has 1 unspecified atom stereocenters. The smallest absolute Gasteiger partial charge is 0.223 e. The van der Waals surface area contributed by atoms with Crippen molar-refractivity contribution >= 4 is 5.91 Å². The highest BCUT2D eigenvalue weighted by molar-refractivity contribution is 5.77. The second-order valence-electron chi connectivity index (χ2n) is 5.95. The van der Waals surface area contributed by atoms with E-state index in [1.165, 1.54) is 19.3 Å². The minimum Gasteiger partial charge on any atom is -0.389 e. The molecule has 1 atom stereocenters. The maximum absolute atomic E-state index is 12.0. The normalized spacial score (nSPS) is 18.2. The standard InChI is InChI=1S/C15H29NO2/c1-4-9-15(18,10-5-2)11-14(17)16-12(3)13-7-6-8-13/h12-13,18H,4-11H2,1-3H3,(H,16,17). The van der Waals surface area contributed by atoms with Gasteiger partial charge in [-0.3, -0.25) is 4.79 Å². The van der Waals surface area contributed by atoms with Crippen LogP contribution in [0.4, 0.5) is 0 Å². The predicted octanol–water partition coefficient (Wildman–Crippen LogP) is 3.01. The molecule has 2 N–H and O–H groups in total. The third-order valence-electron chi connectivity index (χ3n) is 4.17. The van der Waals surface area contributed by atoms with Crippen molar-refractivity contribution in [1.82, 2.24) is 5.32 Å². The fraction of sp³-hybridized carbons (Fsp3) is 0.933. The van der Waals surface area contributed by atoms with Gasteiger partial charge in [0.2, 0.25) is 5.91 Å². The van der Waals surface area contributed by atoms with Crippen molar-refractivity contribution in [3.05, 3.63) is 0 Å². The molecule has 1 aliphatic carbocycles. The highest BCUT2D eigenvalue weighted by atomic mass is 16.3. The summed E-state index contributed by atoms with van der Waals surface area (Å²) in [5, 5.41) is 13.5. The van der Waals surface area contributed by atoms with Gasteiger partial charge in [-0.05, 0) is 38.5 Å². The monoisotopic (exact) mass is 255 g/mol. The van der Waals surface area contributed by atoms with Gasteiger partial charge in [0, 0.05) is 6.04 Å². The molecule has 0 aliphatic heterocycles. The van der Waals surface area contributed by atoms with E-state index in [1.807, 2.05) is 0 Å². The zero-order valence-corrected chi connectivity index (χ0v) is 12.2. The first kappa shape index (κ1) is 15.5. The first-order chi connectivity index (χ1) is 8.50. The van der Waals surface area contributed by atoms with Crippen LogP contribution in [0, 0.1) is 5.92 Å². The third-order valence-corrected chi connectivity index (χ3v) is 4.17. The quantitative estimate of drug-likeness (QED) is 0.700. The molecule has 3 nitrogen and oxygen atoms in total. The maximum atomic E-state index is 12.0. The minimum absolute atomic E-state index is 0.0128. The lowest BCUT2D eigenvalue weighted by Crippen LogP contribution is -2.44. The third kappa shape index (κ3) is 4.60. The number of aliphatic hydroxyl groups is 1. The molecule has 0 saturated heterocycles. The van der Waals surface area contributed by atoms with Crippen molar-refractivity contribution in [1.29, 1.82) is 0 Å². The van der Waals surface area contributed by atoms with Gasteiger partial charge < -0.3 is 10.4 Å². The van der Waals surface area contributed by atoms with Crippen LogP contribution in [0.3, 0.4) is 0 Å². The van der Waals surface area contributed by atoms with E-state index in [0.29, 0.717) is 18.8 Å². The molecule has 0 aromatic heterocycles. The van der Waals surface area contributed by atoms with Crippen molar-refractivity contribution in [3.63, 3.8) is 0 Å². The van der Waals surface area contributed by atoms with E-state index in [9.17, 15) is 9.90 Å². The summed E-state index contributed by atoms with van der Waals surface area (Å²) in [7, 11) is 0. The number of rotatable bonds is 8. The summed E-state index contributed by atoms with van der Waals surface area (Å²) in [4.78, 5) is 12.0. The van der Waals surface area contributed by atoms with Crippen LogP contribution in [0.2, 0.25) is 0 Å². The Hall–Kier alpha value is -0.570. The van der Waals surface area contributed by atoms with E-state index in [2.05, 4.69) is 26.1 Å². The lowest BCUT2D eigenvalue weighted by atomic mass is 9.80. The number of hydrogen-bond acceptors (Lipinski definition) is 2. The summed E-state index contributed by atoms with van der Waals surface area (Å²) < 4.78 is 0. The SMILES string of the molecule is CCCC(O)(CCC)CC(=O)NC(C)C1CCC1. The van der Waals surface area contributed by atoms with E-state index in [-0.39, 0.29) is 18.4 Å². The molecule has 0 radical (unpaired) electrons. The predicted molar refractivity (Wildman–Crippen MR) is 74.3 cm³/mol. The average Bonchev–Trinajstić information content (AvgIpc) is 2.13. The zero-order valence-electron chi connectivity index (χ0n) is 12.2. The minimum atomic E-state index is -0.799. The van der Waals surface area contributed by atoms with Crippen LogP contribution in [-0.4, -0.2) is 22.7 Å². The molecule has 18 heavy (non-hydrogen) atoms. The van der Waals surface area contributed by atoms with Crippen molar-refractivity contribution in [2.24, 2.45) is 5.92 Å². The molecule has 0 spiro atoms. The first-order valence-corrected chi connectivity index (χ1v) is 7.52. The number of carbonyl (C=O) groups is 1. The van der Waals surface area contributed by atoms with Gasteiger partial charge in [-0.1, -0.05) is 33.1 Å². The molecule has 1 rings (SSSR count). The number of hydrogen-bond donors (Lipinski definition) is 2. The average molecular weight is 255 g/mol. The second-order valence-corrected chi connectivity index (χ2v) is 5.95. The Morgan fingerprint density at radius 1 is 1.33 bits per heavy atom. The molecule has 0 aromatic carbocycles. The van der Waals surface area contributed by atoms with Crippen LogP contribution in [-0.2, 0) is 4.79 Å². The Morgan fingerprint density at radius 2 is 1.89 bits per heavy atom. The summed E-state index contributed by atoms with van der Waals surface area (Å²) in [5.74, 6) is 0.665. The van der Waals surface area contributed by atoms with Gasteiger partial charge in [-0.15, -0.1) is 0 Å². The van der Waals surface area contributed by atoms with Gasteiger partial charge >= 0.3 is 0 Å². The molecule has 3 heteroatoms. The highest BCUT2D eigenvalue weighted by Gasteiger charge is 2.30. The Balaban J connectivity index is 2.39. The van der Waals surface area contributed by atoms with E-state index in [1.54, 1.807) is 0 Å². The Labute approximate surface area is 111 Å². The second kappa shape index (κ2) is 7.13. The fourth-order valence-corrected chi connectivity index (χ4v) is 2.89. The lowest BCUT2D eigenvalue weighted by Gasteiger charge is -2.33. The van der Waals surface area contributed by atoms with E-state index in [0.717, 1.165) is 12.8 Å². The van der Waals surface area contributed by atoms with Crippen LogP contribution in [0.5, 0.6) is 0 Å². The highest BCUT2D eigenvalue weighted by Crippen LogP contribution is 2.30. The Bertz CT molecular complexity index is 255. The number of carbonyl (C=O) groups excluding carboxylic acids is 1. The largest absolute Gasteiger partial charge is 0.389 e. The fourth-order valence-electron chi connectivity index (χ4n) is 2.89. The van der Waals surface area contributed by atoms with Gasteiger partial charge in [-0.25, -0.2) is 0 Å². The van der Waals surface area contributed by atoms with Crippen LogP contribution >= 0.6 is 0 Å². The van der Waals surface area contributed by atoms with Crippen molar-refractivity contribution < 1.29 is 9.90 Å². The number of amides is 1. The molecule has 1 fully saturated rings. The van der Waals surface area contributed by atoms with E-state index >= 15 is 0 Å². The van der Waals surface area contributed by atoms with E-state index in [4.69, 9.17) is 0 Å². The van der Waals surface area contributed by atoms with Gasteiger partial charge in [0.1, 0.15) is 0 Å². The molecule has 1 saturated carbocycles. The van der Waals surface area contributed by atoms with Gasteiger partial charge in [0.15, 0.2) is 0 Å². The Kier molecular flexibility index (Phi) is 6.13. The summed E-state index contributed by atoms with van der Waals surface area (Å²) >= 11 is 0. The summed E-state index contributed by atoms with van der Waals surface area (Å²) in [6.45, 7) is 6.19. The van der Waals surface area contributed by atoms with Gasteiger partial charge in [0.05, 0.1) is 12.0 Å². The van der Waals surface area contributed by atoms with Crippen LogP contribution in [0.25, 0.3) is 0 Å².